The molecular weight excluding hydrogens is 192 g/mol. The van der Waals surface area contributed by atoms with Gasteiger partial charge in [0.05, 0.1) is 11.0 Å². The molecule has 0 fully saturated rings. The lowest BCUT2D eigenvalue weighted by atomic mass is 10.1. The van der Waals surface area contributed by atoms with Crippen LogP contribution in [-0.2, 0) is 0 Å². The summed E-state index contributed by atoms with van der Waals surface area (Å²) in [6.45, 7) is 12.0. The van der Waals surface area contributed by atoms with Crippen molar-refractivity contribution in [2.75, 3.05) is 6.54 Å². The first kappa shape index (κ1) is 13.8. The Morgan fingerprint density at radius 2 is 1.79 bits per heavy atom. The number of rotatable bonds is 6. The van der Waals surface area contributed by atoms with Crippen LogP contribution in [0.3, 0.4) is 0 Å². The fourth-order valence-corrected chi connectivity index (χ4v) is 2.02. The molecule has 3 heteroatoms. The van der Waals surface area contributed by atoms with Crippen molar-refractivity contribution in [1.29, 1.82) is 0 Å². The summed E-state index contributed by atoms with van der Waals surface area (Å²) in [6.07, 6.45) is 1.00. The van der Waals surface area contributed by atoms with Gasteiger partial charge in [0.25, 0.3) is 0 Å². The molecule has 0 spiro atoms. The fourth-order valence-electron chi connectivity index (χ4n) is 1.72. The average Bonchev–Trinajstić information content (AvgIpc) is 2.02. The minimum atomic E-state index is 0.257. The zero-order valence-electron chi connectivity index (χ0n) is 10.1. The van der Waals surface area contributed by atoms with E-state index in [0.717, 1.165) is 13.0 Å². The maximum Gasteiger partial charge on any atom is 0.0902 e. The maximum atomic E-state index is 5.75. The number of nitrogens with zero attached hydrogens (tertiary/aromatic N) is 1. The molecule has 0 saturated carbocycles. The third-order valence-corrected chi connectivity index (χ3v) is 2.63. The Balaban J connectivity index is 4.52. The van der Waals surface area contributed by atoms with E-state index >= 15 is 0 Å². The average molecular weight is 216 g/mol. The van der Waals surface area contributed by atoms with Crippen LogP contribution in [0.4, 0.5) is 0 Å². The highest BCUT2D eigenvalue weighted by Crippen LogP contribution is 2.12. The Hall–Kier alpha value is -0.150. The zero-order valence-corrected chi connectivity index (χ0v) is 10.9. The molecule has 1 atom stereocenters. The first-order valence-electron chi connectivity index (χ1n) is 5.45. The Morgan fingerprint density at radius 3 is 2.00 bits per heavy atom. The summed E-state index contributed by atoms with van der Waals surface area (Å²) in [6, 6.07) is 0.760. The summed E-state index contributed by atoms with van der Waals surface area (Å²) < 4.78 is 0. The van der Waals surface area contributed by atoms with Gasteiger partial charge in [-0.1, -0.05) is 33.0 Å². The van der Waals surface area contributed by atoms with Gasteiger partial charge >= 0.3 is 0 Å². The fraction of sp³-hybridized carbons (Fsp3) is 0.909. The molecule has 0 aromatic heterocycles. The minimum absolute atomic E-state index is 0.257. The van der Waals surface area contributed by atoms with Crippen LogP contribution in [0, 0.1) is 5.92 Å². The second-order valence-corrected chi connectivity index (χ2v) is 4.98. The summed E-state index contributed by atoms with van der Waals surface area (Å²) in [5, 5.41) is 0. The number of nitrogens with two attached hydrogens (primary N) is 1. The minimum Gasteiger partial charge on any atom is -0.392 e. The quantitative estimate of drug-likeness (QED) is 0.691. The van der Waals surface area contributed by atoms with Gasteiger partial charge in [-0.3, -0.25) is 4.90 Å². The smallest absolute Gasteiger partial charge is 0.0902 e. The number of hydrogen-bond acceptors (Lipinski definition) is 2. The lowest BCUT2D eigenvalue weighted by molar-refractivity contribution is 0.168. The van der Waals surface area contributed by atoms with E-state index in [1.807, 2.05) is 0 Å². The van der Waals surface area contributed by atoms with Crippen molar-refractivity contribution in [3.05, 3.63) is 0 Å². The van der Waals surface area contributed by atoms with E-state index < -0.39 is 0 Å². The topological polar surface area (TPSA) is 29.3 Å². The van der Waals surface area contributed by atoms with Crippen molar-refractivity contribution in [2.24, 2.45) is 11.7 Å². The first-order valence-corrected chi connectivity index (χ1v) is 5.86. The maximum absolute atomic E-state index is 5.75. The van der Waals surface area contributed by atoms with Gasteiger partial charge in [0.2, 0.25) is 0 Å². The van der Waals surface area contributed by atoms with Crippen molar-refractivity contribution < 1.29 is 0 Å². The second-order valence-electron chi connectivity index (χ2n) is 4.51. The molecule has 0 aromatic carbocycles. The zero-order chi connectivity index (χ0) is 11.3. The van der Waals surface area contributed by atoms with Gasteiger partial charge < -0.3 is 5.73 Å². The Labute approximate surface area is 93.8 Å². The highest BCUT2D eigenvalue weighted by atomic mass is 32.1. The highest BCUT2D eigenvalue weighted by Gasteiger charge is 2.22. The number of hydrogen-bond donors (Lipinski definition) is 1. The molecule has 0 saturated heterocycles. The SMILES string of the molecule is CCC(C(N)=S)N(CC(C)C)C(C)C. The number of thiocarbonyl (C=S) groups is 1. The van der Waals surface area contributed by atoms with E-state index in [0.29, 0.717) is 16.9 Å². The largest absolute Gasteiger partial charge is 0.392 e. The molecule has 0 aliphatic heterocycles. The molecule has 84 valence electrons. The lowest BCUT2D eigenvalue weighted by Crippen LogP contribution is -2.48. The normalized spacial score (nSPS) is 14.0. The van der Waals surface area contributed by atoms with Crippen molar-refractivity contribution in [3.8, 4) is 0 Å². The van der Waals surface area contributed by atoms with Crippen LogP contribution in [0.15, 0.2) is 0 Å². The molecule has 14 heavy (non-hydrogen) atoms. The Bertz CT molecular complexity index is 178. The molecule has 0 radical (unpaired) electrons. The predicted molar refractivity (Wildman–Crippen MR) is 67.5 cm³/mol. The van der Waals surface area contributed by atoms with E-state index in [1.165, 1.54) is 0 Å². The summed E-state index contributed by atoms with van der Waals surface area (Å²) >= 11 is 5.10. The van der Waals surface area contributed by atoms with Crippen LogP contribution in [-0.4, -0.2) is 28.5 Å². The molecule has 2 N–H and O–H groups in total. The molecular formula is C11H24N2S. The summed E-state index contributed by atoms with van der Waals surface area (Å²) in [7, 11) is 0. The van der Waals surface area contributed by atoms with Crippen LogP contribution in [0.2, 0.25) is 0 Å². The van der Waals surface area contributed by atoms with Crippen LogP contribution >= 0.6 is 12.2 Å². The van der Waals surface area contributed by atoms with Gasteiger partial charge in [-0.25, -0.2) is 0 Å². The molecule has 0 amide bonds. The molecule has 0 bridgehead atoms. The molecule has 0 rings (SSSR count). The first-order chi connectivity index (χ1) is 6.40. The molecule has 0 aliphatic rings. The summed E-state index contributed by atoms with van der Waals surface area (Å²) in [5.41, 5.74) is 5.75. The van der Waals surface area contributed by atoms with Gasteiger partial charge in [-0.15, -0.1) is 0 Å². The lowest BCUT2D eigenvalue weighted by Gasteiger charge is -2.35. The third-order valence-electron chi connectivity index (χ3n) is 2.35. The standard InChI is InChI=1S/C11H24N2S/c1-6-10(11(12)14)13(9(4)5)7-8(2)3/h8-10H,6-7H2,1-5H3,(H2,12,14). The molecule has 1 unspecified atom stereocenters. The highest BCUT2D eigenvalue weighted by molar-refractivity contribution is 7.80. The molecule has 2 nitrogen and oxygen atoms in total. The monoisotopic (exact) mass is 216 g/mol. The molecule has 0 aliphatic carbocycles. The van der Waals surface area contributed by atoms with E-state index in [1.54, 1.807) is 0 Å². The van der Waals surface area contributed by atoms with Crippen molar-refractivity contribution in [1.82, 2.24) is 4.90 Å². The van der Waals surface area contributed by atoms with Gasteiger partial charge in [0.15, 0.2) is 0 Å². The van der Waals surface area contributed by atoms with E-state index in [-0.39, 0.29) is 6.04 Å². The van der Waals surface area contributed by atoms with Crippen LogP contribution in [0.5, 0.6) is 0 Å². The molecule has 0 aromatic rings. The van der Waals surface area contributed by atoms with Gasteiger partial charge in [0, 0.05) is 12.6 Å². The van der Waals surface area contributed by atoms with Crippen molar-refractivity contribution >= 4 is 17.2 Å². The Kier molecular flexibility index (Phi) is 6.29. The Morgan fingerprint density at radius 1 is 1.29 bits per heavy atom. The molecule has 0 heterocycles. The van der Waals surface area contributed by atoms with Crippen molar-refractivity contribution in [2.45, 2.75) is 53.1 Å². The second kappa shape index (κ2) is 6.36. The van der Waals surface area contributed by atoms with E-state index in [2.05, 4.69) is 39.5 Å². The predicted octanol–water partition coefficient (Wildman–Crippen LogP) is 2.42. The van der Waals surface area contributed by atoms with Crippen LogP contribution < -0.4 is 5.73 Å². The van der Waals surface area contributed by atoms with Crippen molar-refractivity contribution in [3.63, 3.8) is 0 Å². The van der Waals surface area contributed by atoms with Gasteiger partial charge in [0.1, 0.15) is 0 Å². The van der Waals surface area contributed by atoms with E-state index in [9.17, 15) is 0 Å². The van der Waals surface area contributed by atoms with Gasteiger partial charge in [-0.05, 0) is 26.2 Å². The summed E-state index contributed by atoms with van der Waals surface area (Å²) in [5.74, 6) is 0.654. The van der Waals surface area contributed by atoms with Crippen LogP contribution in [0.25, 0.3) is 0 Å². The van der Waals surface area contributed by atoms with E-state index in [4.69, 9.17) is 18.0 Å². The van der Waals surface area contributed by atoms with Crippen LogP contribution in [0.1, 0.15) is 41.0 Å². The third kappa shape index (κ3) is 4.38. The van der Waals surface area contributed by atoms with Gasteiger partial charge in [-0.2, -0.15) is 0 Å². The summed E-state index contributed by atoms with van der Waals surface area (Å²) in [4.78, 5) is 3.02.